The van der Waals surface area contributed by atoms with Gasteiger partial charge in [0.25, 0.3) is 0 Å². The molecule has 1 heterocycles. The molecule has 0 bridgehead atoms. The minimum atomic E-state index is -1.12. The van der Waals surface area contributed by atoms with Crippen molar-refractivity contribution in [1.29, 1.82) is 0 Å². The lowest BCUT2D eigenvalue weighted by atomic mass is 10.2. The van der Waals surface area contributed by atoms with E-state index >= 15 is 0 Å². The Morgan fingerprint density at radius 1 is 1.44 bits per heavy atom. The first kappa shape index (κ1) is 14.7. The van der Waals surface area contributed by atoms with Gasteiger partial charge >= 0.3 is 12.0 Å². The number of hydrogen-bond acceptors (Lipinski definition) is 4. The highest BCUT2D eigenvalue weighted by Gasteiger charge is 2.40. The van der Waals surface area contributed by atoms with Crippen LogP contribution in [0.5, 0.6) is 0 Å². The molecule has 7 heteroatoms. The minimum Gasteiger partial charge on any atom is -0.480 e. The van der Waals surface area contributed by atoms with Gasteiger partial charge in [-0.05, 0) is 13.8 Å². The van der Waals surface area contributed by atoms with Crippen molar-refractivity contribution in [1.82, 2.24) is 9.80 Å². The molecule has 0 aromatic carbocycles. The molecule has 18 heavy (non-hydrogen) atoms. The van der Waals surface area contributed by atoms with E-state index in [-0.39, 0.29) is 32.2 Å². The third-order valence-corrected chi connectivity index (χ3v) is 3.02. The number of carbonyl (C=O) groups excluding carboxylic acids is 1. The Bertz CT molecular complexity index is 321. The Hall–Kier alpha value is -1.34. The van der Waals surface area contributed by atoms with Crippen LogP contribution < -0.4 is 0 Å². The molecule has 0 aromatic rings. The molecule has 0 spiro atoms. The number of rotatable bonds is 4. The van der Waals surface area contributed by atoms with Crippen LogP contribution in [0.2, 0.25) is 0 Å². The van der Waals surface area contributed by atoms with Crippen molar-refractivity contribution >= 4 is 12.0 Å². The number of urea groups is 1. The topological polar surface area (TPSA) is 101 Å². The van der Waals surface area contributed by atoms with Crippen molar-refractivity contribution in [2.45, 2.75) is 38.5 Å². The van der Waals surface area contributed by atoms with E-state index in [2.05, 4.69) is 0 Å². The standard InChI is InChI=1S/C11H20N2O5/c1-7(2)12(3-4-14)11(18)13-6-8(15)5-9(13)10(16)17/h7-9,14-15H,3-6H2,1-2H3,(H,16,17). The van der Waals surface area contributed by atoms with E-state index in [4.69, 9.17) is 10.2 Å². The monoisotopic (exact) mass is 260 g/mol. The molecule has 0 aliphatic carbocycles. The average Bonchev–Trinajstić information content (AvgIpc) is 2.67. The lowest BCUT2D eigenvalue weighted by Gasteiger charge is -2.32. The average molecular weight is 260 g/mol. The predicted octanol–water partition coefficient (Wildman–Crippen LogP) is -0.671. The molecule has 2 unspecified atom stereocenters. The maximum absolute atomic E-state index is 12.2. The first-order valence-electron chi connectivity index (χ1n) is 5.97. The second-order valence-corrected chi connectivity index (χ2v) is 4.69. The van der Waals surface area contributed by atoms with Crippen LogP contribution in [0.15, 0.2) is 0 Å². The van der Waals surface area contributed by atoms with E-state index in [0.29, 0.717) is 0 Å². The lowest BCUT2D eigenvalue weighted by Crippen LogP contribution is -2.51. The van der Waals surface area contributed by atoms with E-state index in [1.165, 1.54) is 4.90 Å². The molecule has 7 nitrogen and oxygen atoms in total. The number of aliphatic hydroxyl groups excluding tert-OH is 2. The summed E-state index contributed by atoms with van der Waals surface area (Å²) < 4.78 is 0. The number of nitrogens with zero attached hydrogens (tertiary/aromatic N) is 2. The summed E-state index contributed by atoms with van der Waals surface area (Å²) in [4.78, 5) is 25.8. The van der Waals surface area contributed by atoms with Gasteiger partial charge in [0, 0.05) is 25.6 Å². The Morgan fingerprint density at radius 3 is 2.50 bits per heavy atom. The molecular weight excluding hydrogens is 240 g/mol. The zero-order valence-electron chi connectivity index (χ0n) is 10.6. The van der Waals surface area contributed by atoms with Gasteiger partial charge in [-0.3, -0.25) is 0 Å². The summed E-state index contributed by atoms with van der Waals surface area (Å²) in [5.74, 6) is -1.12. The highest BCUT2D eigenvalue weighted by atomic mass is 16.4. The fourth-order valence-corrected chi connectivity index (χ4v) is 2.11. The van der Waals surface area contributed by atoms with E-state index in [9.17, 15) is 14.7 Å². The zero-order chi connectivity index (χ0) is 13.9. The van der Waals surface area contributed by atoms with Crippen LogP contribution in [0, 0.1) is 0 Å². The fourth-order valence-electron chi connectivity index (χ4n) is 2.11. The van der Waals surface area contributed by atoms with Gasteiger partial charge in [-0.2, -0.15) is 0 Å². The van der Waals surface area contributed by atoms with E-state index < -0.39 is 24.1 Å². The Labute approximate surface area is 106 Å². The number of carboxylic acid groups (broad SMARTS) is 1. The molecule has 2 amide bonds. The summed E-state index contributed by atoms with van der Waals surface area (Å²) in [6, 6.07) is -1.59. The number of amides is 2. The summed E-state index contributed by atoms with van der Waals surface area (Å²) in [6.45, 7) is 3.56. The van der Waals surface area contributed by atoms with E-state index in [1.807, 2.05) is 0 Å². The van der Waals surface area contributed by atoms with E-state index in [0.717, 1.165) is 4.90 Å². The van der Waals surface area contributed by atoms with Crippen LogP contribution in [0.25, 0.3) is 0 Å². The van der Waals surface area contributed by atoms with Gasteiger partial charge in [0.2, 0.25) is 0 Å². The van der Waals surface area contributed by atoms with Crippen molar-refractivity contribution in [3.05, 3.63) is 0 Å². The largest absolute Gasteiger partial charge is 0.480 e. The first-order chi connectivity index (χ1) is 8.38. The summed E-state index contributed by atoms with van der Waals surface area (Å²) in [7, 11) is 0. The second kappa shape index (κ2) is 6.01. The Balaban J connectivity index is 2.83. The van der Waals surface area contributed by atoms with Gasteiger partial charge in [0.1, 0.15) is 6.04 Å². The molecule has 1 fully saturated rings. The summed E-state index contributed by atoms with van der Waals surface area (Å²) in [5.41, 5.74) is 0. The summed E-state index contributed by atoms with van der Waals surface area (Å²) in [5, 5.41) is 27.4. The Morgan fingerprint density at radius 2 is 2.06 bits per heavy atom. The number of hydrogen-bond donors (Lipinski definition) is 3. The summed E-state index contributed by atoms with van der Waals surface area (Å²) in [6.07, 6.45) is -0.759. The molecule has 0 aromatic heterocycles. The highest BCUT2D eigenvalue weighted by Crippen LogP contribution is 2.20. The smallest absolute Gasteiger partial charge is 0.326 e. The number of aliphatic carboxylic acids is 1. The molecule has 3 N–H and O–H groups in total. The van der Waals surface area contributed by atoms with Crippen LogP contribution >= 0.6 is 0 Å². The molecule has 1 rings (SSSR count). The van der Waals surface area contributed by atoms with Crippen molar-refractivity contribution in [2.75, 3.05) is 19.7 Å². The molecule has 1 aliphatic rings. The third kappa shape index (κ3) is 3.11. The minimum absolute atomic E-state index is 0.0183. The molecule has 0 saturated carbocycles. The molecule has 1 saturated heterocycles. The number of carboxylic acids is 1. The van der Waals surface area contributed by atoms with Crippen molar-refractivity contribution in [3.8, 4) is 0 Å². The second-order valence-electron chi connectivity index (χ2n) is 4.69. The Kier molecular flexibility index (Phi) is 4.92. The van der Waals surface area contributed by atoms with Gasteiger partial charge in [-0.1, -0.05) is 0 Å². The number of likely N-dealkylation sites (tertiary alicyclic amines) is 1. The molecule has 0 radical (unpaired) electrons. The van der Waals surface area contributed by atoms with Crippen LogP contribution in [0.1, 0.15) is 20.3 Å². The van der Waals surface area contributed by atoms with Crippen molar-refractivity contribution in [3.63, 3.8) is 0 Å². The van der Waals surface area contributed by atoms with Crippen molar-refractivity contribution in [2.24, 2.45) is 0 Å². The van der Waals surface area contributed by atoms with Crippen LogP contribution in [-0.2, 0) is 4.79 Å². The SMILES string of the molecule is CC(C)N(CCO)C(=O)N1CC(O)CC1C(=O)O. The number of β-amino-alcohol motifs (C(OH)–C–C–N with tert-alkyl or cyclic N) is 1. The molecule has 104 valence electrons. The van der Waals surface area contributed by atoms with Crippen LogP contribution in [0.4, 0.5) is 4.79 Å². The molecular formula is C11H20N2O5. The van der Waals surface area contributed by atoms with Gasteiger partial charge < -0.3 is 25.1 Å². The maximum Gasteiger partial charge on any atom is 0.326 e. The van der Waals surface area contributed by atoms with Crippen LogP contribution in [-0.4, -0.2) is 75.0 Å². The predicted molar refractivity (Wildman–Crippen MR) is 63.1 cm³/mol. The quantitative estimate of drug-likeness (QED) is 0.622. The number of aliphatic hydroxyl groups is 2. The lowest BCUT2D eigenvalue weighted by molar-refractivity contribution is -0.141. The van der Waals surface area contributed by atoms with Gasteiger partial charge in [-0.25, -0.2) is 9.59 Å². The molecule has 2 atom stereocenters. The van der Waals surface area contributed by atoms with E-state index in [1.54, 1.807) is 13.8 Å². The van der Waals surface area contributed by atoms with Gasteiger partial charge in [-0.15, -0.1) is 0 Å². The zero-order valence-corrected chi connectivity index (χ0v) is 10.6. The van der Waals surface area contributed by atoms with Gasteiger partial charge in [0.15, 0.2) is 0 Å². The first-order valence-corrected chi connectivity index (χ1v) is 5.97. The normalized spacial score (nSPS) is 23.5. The van der Waals surface area contributed by atoms with Crippen molar-refractivity contribution < 1.29 is 24.9 Å². The number of carbonyl (C=O) groups is 2. The van der Waals surface area contributed by atoms with Gasteiger partial charge in [0.05, 0.1) is 12.7 Å². The molecule has 1 aliphatic heterocycles. The maximum atomic E-state index is 12.2. The summed E-state index contributed by atoms with van der Waals surface area (Å²) >= 11 is 0. The highest BCUT2D eigenvalue weighted by molar-refractivity contribution is 5.83. The fraction of sp³-hybridized carbons (Fsp3) is 0.818. The third-order valence-electron chi connectivity index (χ3n) is 3.02. The van der Waals surface area contributed by atoms with Crippen LogP contribution in [0.3, 0.4) is 0 Å².